The van der Waals surface area contributed by atoms with E-state index in [-0.39, 0.29) is 10.7 Å². The zero-order valence-electron chi connectivity index (χ0n) is 12.4. The van der Waals surface area contributed by atoms with Gasteiger partial charge in [0.05, 0.1) is 0 Å². The van der Waals surface area contributed by atoms with Crippen LogP contribution >= 0.6 is 0 Å². The summed E-state index contributed by atoms with van der Waals surface area (Å²) in [6.45, 7) is 5.72. The van der Waals surface area contributed by atoms with Crippen LogP contribution in [-0.4, -0.2) is 59.6 Å². The topological polar surface area (TPSA) is 84.5 Å². The van der Waals surface area contributed by atoms with Gasteiger partial charge in [0.1, 0.15) is 4.90 Å². The third-order valence-electron chi connectivity index (χ3n) is 4.46. The average Bonchev–Trinajstić information content (AvgIpc) is 2.99. The van der Waals surface area contributed by atoms with Gasteiger partial charge in [-0.1, -0.05) is 0 Å². The molecule has 7 nitrogen and oxygen atoms in total. The van der Waals surface area contributed by atoms with Crippen molar-refractivity contribution in [3.63, 3.8) is 0 Å². The van der Waals surface area contributed by atoms with Gasteiger partial charge >= 0.3 is 0 Å². The van der Waals surface area contributed by atoms with Crippen LogP contribution in [0.2, 0.25) is 0 Å². The monoisotopic (exact) mass is 313 g/mol. The molecule has 1 atom stereocenters. The van der Waals surface area contributed by atoms with Crippen molar-refractivity contribution in [2.45, 2.75) is 43.7 Å². The lowest BCUT2D eigenvalue weighted by Crippen LogP contribution is -2.39. The Kier molecular flexibility index (Phi) is 3.94. The van der Waals surface area contributed by atoms with Gasteiger partial charge in [-0.2, -0.15) is 9.40 Å². The average molecular weight is 313 g/mol. The van der Waals surface area contributed by atoms with Crippen LogP contribution in [0.3, 0.4) is 0 Å². The highest BCUT2D eigenvalue weighted by Gasteiger charge is 2.35. The van der Waals surface area contributed by atoms with Gasteiger partial charge < -0.3 is 5.73 Å². The minimum atomic E-state index is -3.55. The van der Waals surface area contributed by atoms with E-state index < -0.39 is 10.0 Å². The fraction of sp³-hybridized carbons (Fsp3) is 0.769. The summed E-state index contributed by atoms with van der Waals surface area (Å²) in [5, 5.41) is 4.06. The molecular weight excluding hydrogens is 290 g/mol. The highest BCUT2D eigenvalue weighted by molar-refractivity contribution is 7.89. The molecule has 0 aromatic carbocycles. The number of rotatable bonds is 3. The lowest BCUT2D eigenvalue weighted by atomic mass is 10.2. The minimum Gasteiger partial charge on any atom is -0.381 e. The van der Waals surface area contributed by atoms with E-state index in [9.17, 15) is 8.42 Å². The van der Waals surface area contributed by atoms with Crippen molar-refractivity contribution in [1.29, 1.82) is 0 Å². The van der Waals surface area contributed by atoms with E-state index in [1.165, 1.54) is 0 Å². The van der Waals surface area contributed by atoms with Crippen LogP contribution in [-0.2, 0) is 16.6 Å². The SMILES string of the molecule is CCn1cc(S(=O)(=O)N2CCCN3CCCC3C2)c(N)n1. The zero-order chi connectivity index (χ0) is 15.0. The van der Waals surface area contributed by atoms with Gasteiger partial charge in [-0.25, -0.2) is 8.42 Å². The van der Waals surface area contributed by atoms with E-state index in [0.29, 0.717) is 25.7 Å². The summed E-state index contributed by atoms with van der Waals surface area (Å²) in [5.41, 5.74) is 5.81. The Morgan fingerprint density at radius 2 is 2.10 bits per heavy atom. The third-order valence-corrected chi connectivity index (χ3v) is 6.34. The molecule has 2 aliphatic rings. The van der Waals surface area contributed by atoms with E-state index in [4.69, 9.17) is 5.73 Å². The van der Waals surface area contributed by atoms with Gasteiger partial charge in [-0.3, -0.25) is 9.58 Å². The number of sulfonamides is 1. The summed E-state index contributed by atoms with van der Waals surface area (Å²) in [4.78, 5) is 2.56. The maximum Gasteiger partial charge on any atom is 0.248 e. The zero-order valence-corrected chi connectivity index (χ0v) is 13.2. The predicted octanol–water partition coefficient (Wildman–Crippen LogP) is 0.344. The van der Waals surface area contributed by atoms with Crippen LogP contribution in [0.4, 0.5) is 5.82 Å². The van der Waals surface area contributed by atoms with Gasteiger partial charge in [0.2, 0.25) is 10.0 Å². The lowest BCUT2D eigenvalue weighted by Gasteiger charge is -2.24. The van der Waals surface area contributed by atoms with Gasteiger partial charge in [0.15, 0.2) is 5.82 Å². The molecule has 0 bridgehead atoms. The Labute approximate surface area is 125 Å². The quantitative estimate of drug-likeness (QED) is 0.870. The highest BCUT2D eigenvalue weighted by atomic mass is 32.2. The molecule has 2 N–H and O–H groups in total. The fourth-order valence-electron chi connectivity index (χ4n) is 3.31. The smallest absolute Gasteiger partial charge is 0.248 e. The van der Waals surface area contributed by atoms with Crippen molar-refractivity contribution >= 4 is 15.8 Å². The molecule has 2 fully saturated rings. The van der Waals surface area contributed by atoms with E-state index >= 15 is 0 Å². The molecule has 3 rings (SSSR count). The number of anilines is 1. The molecule has 118 valence electrons. The second-order valence-electron chi connectivity index (χ2n) is 5.78. The van der Waals surface area contributed by atoms with E-state index in [1.54, 1.807) is 15.2 Å². The molecule has 0 saturated carbocycles. The largest absolute Gasteiger partial charge is 0.381 e. The Hall–Kier alpha value is -1.12. The standard InChI is InChI=1S/C13H23N5O2S/c1-2-17-10-12(13(14)15-17)21(19,20)18-8-4-7-16-6-3-5-11(16)9-18/h10-11H,2-9H2,1H3,(H2,14,15). The van der Waals surface area contributed by atoms with Gasteiger partial charge in [0.25, 0.3) is 0 Å². The van der Waals surface area contributed by atoms with Crippen molar-refractivity contribution in [3.05, 3.63) is 6.20 Å². The van der Waals surface area contributed by atoms with Crippen molar-refractivity contribution in [2.24, 2.45) is 0 Å². The van der Waals surface area contributed by atoms with E-state index in [0.717, 1.165) is 32.4 Å². The molecule has 2 aliphatic heterocycles. The molecule has 0 radical (unpaired) electrons. The normalized spacial score (nSPS) is 24.9. The fourth-order valence-corrected chi connectivity index (χ4v) is 4.88. The Bertz CT molecular complexity index is 612. The molecule has 0 aliphatic carbocycles. The molecule has 1 aromatic rings. The van der Waals surface area contributed by atoms with Crippen LogP contribution < -0.4 is 5.73 Å². The van der Waals surface area contributed by atoms with Gasteiger partial charge in [-0.15, -0.1) is 0 Å². The van der Waals surface area contributed by atoms with Crippen molar-refractivity contribution in [3.8, 4) is 0 Å². The van der Waals surface area contributed by atoms with Crippen LogP contribution in [0.5, 0.6) is 0 Å². The van der Waals surface area contributed by atoms with E-state index in [2.05, 4.69) is 10.00 Å². The summed E-state index contributed by atoms with van der Waals surface area (Å²) < 4.78 is 28.9. The first-order valence-electron chi connectivity index (χ1n) is 7.59. The predicted molar refractivity (Wildman–Crippen MR) is 80.3 cm³/mol. The summed E-state index contributed by atoms with van der Waals surface area (Å²) in [6.07, 6.45) is 4.66. The van der Waals surface area contributed by atoms with Crippen LogP contribution in [0, 0.1) is 0 Å². The number of aryl methyl sites for hydroxylation is 1. The highest BCUT2D eigenvalue weighted by Crippen LogP contribution is 2.27. The van der Waals surface area contributed by atoms with Crippen molar-refractivity contribution in [2.75, 3.05) is 31.9 Å². The number of hydrogen-bond donors (Lipinski definition) is 1. The third kappa shape index (κ3) is 2.67. The maximum atomic E-state index is 12.9. The van der Waals surface area contributed by atoms with Crippen LogP contribution in [0.25, 0.3) is 0 Å². The molecular formula is C13H23N5O2S. The maximum absolute atomic E-state index is 12.9. The van der Waals surface area contributed by atoms with Crippen LogP contribution in [0.1, 0.15) is 26.2 Å². The van der Waals surface area contributed by atoms with E-state index in [1.807, 2.05) is 6.92 Å². The van der Waals surface area contributed by atoms with Crippen LogP contribution in [0.15, 0.2) is 11.1 Å². The Morgan fingerprint density at radius 3 is 2.81 bits per heavy atom. The number of nitrogens with zero attached hydrogens (tertiary/aromatic N) is 4. The number of hydrogen-bond acceptors (Lipinski definition) is 5. The molecule has 21 heavy (non-hydrogen) atoms. The first-order valence-corrected chi connectivity index (χ1v) is 9.03. The Morgan fingerprint density at radius 1 is 1.33 bits per heavy atom. The van der Waals surface area contributed by atoms with Crippen molar-refractivity contribution in [1.82, 2.24) is 19.0 Å². The van der Waals surface area contributed by atoms with Crippen molar-refractivity contribution < 1.29 is 8.42 Å². The molecule has 0 amide bonds. The first kappa shape index (κ1) is 14.8. The molecule has 1 aromatic heterocycles. The number of nitrogens with two attached hydrogens (primary N) is 1. The molecule has 2 saturated heterocycles. The summed E-state index contributed by atoms with van der Waals surface area (Å²) >= 11 is 0. The Balaban J connectivity index is 1.88. The van der Waals surface area contributed by atoms with Gasteiger partial charge in [0, 0.05) is 31.9 Å². The first-order chi connectivity index (χ1) is 10.0. The second kappa shape index (κ2) is 5.58. The summed E-state index contributed by atoms with van der Waals surface area (Å²) in [7, 11) is -3.55. The molecule has 8 heteroatoms. The lowest BCUT2D eigenvalue weighted by molar-refractivity contribution is 0.257. The number of nitrogen functional groups attached to an aromatic ring is 1. The number of aromatic nitrogens is 2. The van der Waals surface area contributed by atoms with Gasteiger partial charge in [-0.05, 0) is 39.3 Å². The molecule has 3 heterocycles. The summed E-state index contributed by atoms with van der Waals surface area (Å²) in [6, 6.07) is 0.352. The second-order valence-corrected chi connectivity index (χ2v) is 7.69. The molecule has 1 unspecified atom stereocenters. The number of fused-ring (bicyclic) bond motifs is 1. The minimum absolute atomic E-state index is 0.101. The molecule has 0 spiro atoms. The summed E-state index contributed by atoms with van der Waals surface area (Å²) in [5.74, 6) is 0.101.